The molecule has 7 heteroatoms. The first-order chi connectivity index (χ1) is 15.0. The van der Waals surface area contributed by atoms with E-state index in [-0.39, 0.29) is 28.9 Å². The maximum Gasteiger partial charge on any atom is 0.254 e. The SMILES string of the molecule is O=C(CCc1nc2c(c(=O)[nH]1)CCCC2)CN1CCC(C(=O)c2ccc(F)cc2)CC1. The Hall–Kier alpha value is -2.67. The number of nitrogens with one attached hydrogen (secondary N) is 1. The molecule has 0 radical (unpaired) electrons. The van der Waals surface area contributed by atoms with E-state index in [0.717, 1.165) is 36.9 Å². The number of benzene rings is 1. The summed E-state index contributed by atoms with van der Waals surface area (Å²) in [5.74, 6) is 0.334. The lowest BCUT2D eigenvalue weighted by molar-refractivity contribution is -0.120. The number of nitrogens with zero attached hydrogens (tertiary/aromatic N) is 2. The van der Waals surface area contributed by atoms with Crippen molar-refractivity contribution < 1.29 is 14.0 Å². The quantitative estimate of drug-likeness (QED) is 0.690. The number of aryl methyl sites for hydroxylation is 2. The number of aromatic nitrogens is 2. The van der Waals surface area contributed by atoms with Crippen LogP contribution in [-0.4, -0.2) is 46.1 Å². The number of hydrogen-bond acceptors (Lipinski definition) is 5. The molecule has 2 heterocycles. The smallest absolute Gasteiger partial charge is 0.254 e. The van der Waals surface area contributed by atoms with Gasteiger partial charge in [0.2, 0.25) is 0 Å². The summed E-state index contributed by atoms with van der Waals surface area (Å²) in [5, 5.41) is 0. The predicted octanol–water partition coefficient (Wildman–Crippen LogP) is 2.88. The normalized spacial score (nSPS) is 17.3. The lowest BCUT2D eigenvalue weighted by Gasteiger charge is -2.30. The van der Waals surface area contributed by atoms with Crippen molar-refractivity contribution in [1.29, 1.82) is 0 Å². The summed E-state index contributed by atoms with van der Waals surface area (Å²) in [7, 11) is 0. The van der Waals surface area contributed by atoms with Gasteiger partial charge in [0.05, 0.1) is 12.2 Å². The zero-order valence-corrected chi connectivity index (χ0v) is 17.7. The number of fused-ring (bicyclic) bond motifs is 1. The highest BCUT2D eigenvalue weighted by Crippen LogP contribution is 2.22. The van der Waals surface area contributed by atoms with Crippen LogP contribution in [0.3, 0.4) is 0 Å². The van der Waals surface area contributed by atoms with Crippen LogP contribution in [0.1, 0.15) is 59.5 Å². The molecule has 0 atom stereocenters. The van der Waals surface area contributed by atoms with Crippen LogP contribution >= 0.6 is 0 Å². The van der Waals surface area contributed by atoms with Gasteiger partial charge in [-0.3, -0.25) is 19.3 Å². The highest BCUT2D eigenvalue weighted by molar-refractivity contribution is 5.97. The summed E-state index contributed by atoms with van der Waals surface area (Å²) >= 11 is 0. The van der Waals surface area contributed by atoms with Crippen molar-refractivity contribution in [2.24, 2.45) is 5.92 Å². The van der Waals surface area contributed by atoms with Crippen LogP contribution < -0.4 is 5.56 Å². The molecule has 0 saturated carbocycles. The van der Waals surface area contributed by atoms with E-state index in [1.54, 1.807) is 0 Å². The number of ketones is 2. The molecule has 0 amide bonds. The number of likely N-dealkylation sites (tertiary alicyclic amines) is 1. The highest BCUT2D eigenvalue weighted by atomic mass is 19.1. The Kier molecular flexibility index (Phi) is 6.70. The van der Waals surface area contributed by atoms with Gasteiger partial charge in [0.1, 0.15) is 17.4 Å². The Morgan fingerprint density at radius 1 is 1.10 bits per heavy atom. The van der Waals surface area contributed by atoms with Crippen molar-refractivity contribution in [1.82, 2.24) is 14.9 Å². The fraction of sp³-hybridized carbons (Fsp3) is 0.500. The molecule has 0 unspecified atom stereocenters. The van der Waals surface area contributed by atoms with E-state index in [9.17, 15) is 18.8 Å². The average molecular weight is 426 g/mol. The third kappa shape index (κ3) is 5.34. The third-order valence-electron chi connectivity index (χ3n) is 6.37. The zero-order valence-electron chi connectivity index (χ0n) is 17.7. The molecular formula is C24H28FN3O3. The molecule has 1 aromatic heterocycles. The van der Waals surface area contributed by atoms with Gasteiger partial charge in [-0.05, 0) is 75.9 Å². The number of Topliss-reactive ketones (excluding diaryl/α,β-unsaturated/α-hetero) is 2. The fourth-order valence-electron chi connectivity index (χ4n) is 4.56. The van der Waals surface area contributed by atoms with E-state index < -0.39 is 0 Å². The Balaban J connectivity index is 1.24. The first-order valence-corrected chi connectivity index (χ1v) is 11.1. The van der Waals surface area contributed by atoms with E-state index in [0.29, 0.717) is 56.7 Å². The number of halogens is 1. The van der Waals surface area contributed by atoms with Crippen LogP contribution in [0.25, 0.3) is 0 Å². The summed E-state index contributed by atoms with van der Waals surface area (Å²) in [4.78, 5) is 46.8. The van der Waals surface area contributed by atoms with Crippen molar-refractivity contribution in [2.45, 2.75) is 51.4 Å². The summed E-state index contributed by atoms with van der Waals surface area (Å²) < 4.78 is 13.1. The van der Waals surface area contributed by atoms with Gasteiger partial charge < -0.3 is 4.98 Å². The summed E-state index contributed by atoms with van der Waals surface area (Å²) in [6.07, 6.45) is 5.90. The van der Waals surface area contributed by atoms with E-state index in [4.69, 9.17) is 0 Å². The molecule has 6 nitrogen and oxygen atoms in total. The number of carbonyl (C=O) groups is 2. The largest absolute Gasteiger partial charge is 0.310 e. The third-order valence-corrected chi connectivity index (χ3v) is 6.37. The van der Waals surface area contributed by atoms with Gasteiger partial charge in [-0.25, -0.2) is 9.37 Å². The van der Waals surface area contributed by atoms with Crippen LogP contribution in [0.15, 0.2) is 29.1 Å². The van der Waals surface area contributed by atoms with E-state index in [1.165, 1.54) is 24.3 Å². The van der Waals surface area contributed by atoms with Gasteiger partial charge in [-0.1, -0.05) is 0 Å². The van der Waals surface area contributed by atoms with Gasteiger partial charge in [0.25, 0.3) is 5.56 Å². The van der Waals surface area contributed by atoms with E-state index in [1.807, 2.05) is 0 Å². The van der Waals surface area contributed by atoms with Crippen LogP contribution in [0.2, 0.25) is 0 Å². The minimum absolute atomic E-state index is 0.0495. The molecular weight excluding hydrogens is 397 g/mol. The first kappa shape index (κ1) is 21.6. The van der Waals surface area contributed by atoms with Gasteiger partial charge in [-0.2, -0.15) is 0 Å². The van der Waals surface area contributed by atoms with E-state index in [2.05, 4.69) is 14.9 Å². The van der Waals surface area contributed by atoms with Gasteiger partial charge >= 0.3 is 0 Å². The molecule has 4 rings (SSSR count). The second-order valence-corrected chi connectivity index (χ2v) is 8.61. The van der Waals surface area contributed by atoms with Gasteiger partial charge in [-0.15, -0.1) is 0 Å². The number of piperidine rings is 1. The standard InChI is InChI=1S/C24H28FN3O3/c25-18-7-5-16(6-8-18)23(30)17-11-13-28(14-12-17)15-19(29)9-10-22-26-21-4-2-1-3-20(21)24(31)27-22/h5-8,17H,1-4,9-15H2,(H,26,27,31). The molecule has 2 aromatic rings. The molecule has 1 aliphatic carbocycles. The number of hydrogen-bond donors (Lipinski definition) is 1. The molecule has 2 aliphatic rings. The second-order valence-electron chi connectivity index (χ2n) is 8.61. The van der Waals surface area contributed by atoms with Crippen molar-refractivity contribution >= 4 is 11.6 Å². The summed E-state index contributed by atoms with van der Waals surface area (Å²) in [6.45, 7) is 1.74. The molecule has 1 N–H and O–H groups in total. The molecule has 1 fully saturated rings. The molecule has 1 aliphatic heterocycles. The maximum atomic E-state index is 13.1. The Morgan fingerprint density at radius 2 is 1.81 bits per heavy atom. The van der Waals surface area contributed by atoms with Gasteiger partial charge in [0, 0.05) is 29.9 Å². The van der Waals surface area contributed by atoms with Crippen LogP contribution in [-0.2, 0) is 24.1 Å². The first-order valence-electron chi connectivity index (χ1n) is 11.1. The molecule has 0 bridgehead atoms. The number of aromatic amines is 1. The molecule has 0 spiro atoms. The number of rotatable bonds is 7. The van der Waals surface area contributed by atoms with Crippen LogP contribution in [0, 0.1) is 11.7 Å². The van der Waals surface area contributed by atoms with Crippen LogP contribution in [0.4, 0.5) is 4.39 Å². The minimum Gasteiger partial charge on any atom is -0.310 e. The number of carbonyl (C=O) groups excluding carboxylic acids is 2. The van der Waals surface area contributed by atoms with Gasteiger partial charge in [0.15, 0.2) is 5.78 Å². The van der Waals surface area contributed by atoms with Crippen molar-refractivity contribution in [3.05, 3.63) is 63.1 Å². The van der Waals surface area contributed by atoms with Crippen molar-refractivity contribution in [3.8, 4) is 0 Å². The Morgan fingerprint density at radius 3 is 2.55 bits per heavy atom. The minimum atomic E-state index is -0.348. The highest BCUT2D eigenvalue weighted by Gasteiger charge is 2.26. The molecule has 1 aromatic carbocycles. The molecule has 164 valence electrons. The summed E-state index contributed by atoms with van der Waals surface area (Å²) in [5.41, 5.74) is 2.19. The van der Waals surface area contributed by atoms with Crippen molar-refractivity contribution in [3.63, 3.8) is 0 Å². The van der Waals surface area contributed by atoms with Crippen molar-refractivity contribution in [2.75, 3.05) is 19.6 Å². The van der Waals surface area contributed by atoms with E-state index >= 15 is 0 Å². The topological polar surface area (TPSA) is 83.1 Å². The average Bonchev–Trinajstić information content (AvgIpc) is 2.78. The predicted molar refractivity (Wildman–Crippen MR) is 115 cm³/mol. The lowest BCUT2D eigenvalue weighted by atomic mass is 9.89. The zero-order chi connectivity index (χ0) is 21.8. The second kappa shape index (κ2) is 9.64. The Labute approximate surface area is 180 Å². The summed E-state index contributed by atoms with van der Waals surface area (Å²) in [6, 6.07) is 5.69. The van der Waals surface area contributed by atoms with Crippen LogP contribution in [0.5, 0.6) is 0 Å². The monoisotopic (exact) mass is 425 g/mol. The lowest BCUT2D eigenvalue weighted by Crippen LogP contribution is -2.39. The molecule has 1 saturated heterocycles. The number of H-pyrrole nitrogens is 1. The Bertz CT molecular complexity index is 1010. The maximum absolute atomic E-state index is 13.1. The molecule has 31 heavy (non-hydrogen) atoms. The fourth-order valence-corrected chi connectivity index (χ4v) is 4.56.